The molecule has 0 atom stereocenters. The number of halogens is 3. The number of rotatable bonds is 2. The Balaban J connectivity index is 2.05. The van der Waals surface area contributed by atoms with E-state index in [0.29, 0.717) is 10.6 Å². The van der Waals surface area contributed by atoms with E-state index in [1.807, 2.05) is 25.1 Å². The van der Waals surface area contributed by atoms with E-state index < -0.39 is 0 Å². The van der Waals surface area contributed by atoms with Gasteiger partial charge >= 0.3 is 0 Å². The third-order valence-corrected chi connectivity index (χ3v) is 4.84. The Kier molecular flexibility index (Phi) is 6.19. The maximum absolute atomic E-state index is 12.1. The fourth-order valence-electron chi connectivity index (χ4n) is 1.65. The predicted octanol–water partition coefficient (Wildman–Crippen LogP) is 5.14. The number of hydrogen-bond donors (Lipinski definition) is 2. The quantitative estimate of drug-likeness (QED) is 0.435. The molecule has 0 aromatic heterocycles. The van der Waals surface area contributed by atoms with Crippen LogP contribution in [0.4, 0.5) is 5.69 Å². The standard InChI is InChI=1S/C15H11BrClIN2OS/c1-8-2-3-9(6-11(8)17)14(21)20-15(22)19-13-5-4-10(16)7-12(13)18/h2-7H,1H3,(H2,19,20,21,22). The predicted molar refractivity (Wildman–Crippen MR) is 107 cm³/mol. The molecule has 0 aliphatic heterocycles. The van der Waals surface area contributed by atoms with Crippen molar-refractivity contribution in [3.05, 3.63) is 60.6 Å². The van der Waals surface area contributed by atoms with E-state index in [1.54, 1.807) is 18.2 Å². The molecule has 7 heteroatoms. The molecular weight excluding hydrogens is 499 g/mol. The summed E-state index contributed by atoms with van der Waals surface area (Å²) in [5.74, 6) is -0.300. The van der Waals surface area contributed by atoms with E-state index >= 15 is 0 Å². The number of carbonyl (C=O) groups excluding carboxylic acids is 1. The van der Waals surface area contributed by atoms with E-state index in [0.717, 1.165) is 19.3 Å². The Morgan fingerprint density at radius 2 is 2.00 bits per heavy atom. The van der Waals surface area contributed by atoms with Crippen molar-refractivity contribution in [3.8, 4) is 0 Å². The highest BCUT2D eigenvalue weighted by molar-refractivity contribution is 14.1. The molecule has 0 fully saturated rings. The topological polar surface area (TPSA) is 41.1 Å². The second-order valence-corrected chi connectivity index (χ2v) is 7.39. The molecule has 2 N–H and O–H groups in total. The monoisotopic (exact) mass is 508 g/mol. The third kappa shape index (κ3) is 4.65. The Hall–Kier alpha value is -0.700. The summed E-state index contributed by atoms with van der Waals surface area (Å²) < 4.78 is 1.97. The van der Waals surface area contributed by atoms with Crippen molar-refractivity contribution < 1.29 is 4.79 Å². The zero-order valence-electron chi connectivity index (χ0n) is 11.4. The molecule has 0 unspecified atom stereocenters. The van der Waals surface area contributed by atoms with Gasteiger partial charge in [-0.2, -0.15) is 0 Å². The highest BCUT2D eigenvalue weighted by atomic mass is 127. The summed E-state index contributed by atoms with van der Waals surface area (Å²) >= 11 is 16.8. The highest BCUT2D eigenvalue weighted by Gasteiger charge is 2.10. The first kappa shape index (κ1) is 17.7. The van der Waals surface area contributed by atoms with Crippen molar-refractivity contribution in [2.75, 3.05) is 5.32 Å². The summed E-state index contributed by atoms with van der Waals surface area (Å²) in [4.78, 5) is 12.1. The van der Waals surface area contributed by atoms with Crippen molar-refractivity contribution in [2.24, 2.45) is 0 Å². The summed E-state index contributed by atoms with van der Waals surface area (Å²) in [7, 11) is 0. The number of amides is 1. The Morgan fingerprint density at radius 1 is 1.27 bits per heavy atom. The number of thiocarbonyl (C=S) groups is 1. The molecule has 0 spiro atoms. The van der Waals surface area contributed by atoms with Crippen LogP contribution in [-0.2, 0) is 0 Å². The van der Waals surface area contributed by atoms with Crippen molar-refractivity contribution in [3.63, 3.8) is 0 Å². The van der Waals surface area contributed by atoms with Crippen LogP contribution in [-0.4, -0.2) is 11.0 Å². The minimum absolute atomic E-state index is 0.238. The maximum Gasteiger partial charge on any atom is 0.257 e. The molecular formula is C15H11BrClIN2OS. The molecule has 0 aliphatic rings. The average molecular weight is 510 g/mol. The normalized spacial score (nSPS) is 10.2. The van der Waals surface area contributed by atoms with Gasteiger partial charge in [0.25, 0.3) is 5.91 Å². The minimum Gasteiger partial charge on any atom is -0.332 e. The Labute approximate surface area is 161 Å². The Bertz CT molecular complexity index is 754. The fourth-order valence-corrected chi connectivity index (χ4v) is 3.48. The molecule has 0 saturated carbocycles. The summed E-state index contributed by atoms with van der Waals surface area (Å²) in [5.41, 5.74) is 2.21. The van der Waals surface area contributed by atoms with Crippen LogP contribution < -0.4 is 10.6 Å². The fraction of sp³-hybridized carbons (Fsp3) is 0.0667. The highest BCUT2D eigenvalue weighted by Crippen LogP contribution is 2.22. The molecule has 1 amide bonds. The number of nitrogens with one attached hydrogen (secondary N) is 2. The lowest BCUT2D eigenvalue weighted by atomic mass is 10.1. The molecule has 0 saturated heterocycles. The van der Waals surface area contributed by atoms with Gasteiger partial charge in [0, 0.05) is 18.6 Å². The number of hydrogen-bond acceptors (Lipinski definition) is 2. The zero-order chi connectivity index (χ0) is 16.3. The lowest BCUT2D eigenvalue weighted by molar-refractivity contribution is 0.0977. The number of aryl methyl sites for hydroxylation is 1. The van der Waals surface area contributed by atoms with E-state index in [1.165, 1.54) is 0 Å². The minimum atomic E-state index is -0.300. The smallest absolute Gasteiger partial charge is 0.257 e. The van der Waals surface area contributed by atoms with E-state index in [9.17, 15) is 4.79 Å². The molecule has 2 aromatic rings. The van der Waals surface area contributed by atoms with Gasteiger partial charge in [-0.05, 0) is 77.6 Å². The Morgan fingerprint density at radius 3 is 2.64 bits per heavy atom. The van der Waals surface area contributed by atoms with Crippen molar-refractivity contribution in [1.29, 1.82) is 0 Å². The van der Waals surface area contributed by atoms with Gasteiger partial charge in [0.15, 0.2) is 5.11 Å². The van der Waals surface area contributed by atoms with Gasteiger partial charge in [0.2, 0.25) is 0 Å². The van der Waals surface area contributed by atoms with Crippen molar-refractivity contribution >= 4 is 79.0 Å². The van der Waals surface area contributed by atoms with Crippen LogP contribution in [0.25, 0.3) is 0 Å². The van der Waals surface area contributed by atoms with E-state index in [-0.39, 0.29) is 11.0 Å². The van der Waals surface area contributed by atoms with Gasteiger partial charge in [-0.3, -0.25) is 10.1 Å². The molecule has 22 heavy (non-hydrogen) atoms. The second kappa shape index (κ2) is 7.72. The van der Waals surface area contributed by atoms with Crippen LogP contribution in [0, 0.1) is 10.5 Å². The molecule has 114 valence electrons. The number of carbonyl (C=O) groups is 1. The largest absolute Gasteiger partial charge is 0.332 e. The molecule has 2 rings (SSSR count). The average Bonchev–Trinajstić information content (AvgIpc) is 2.45. The van der Waals surface area contributed by atoms with Gasteiger partial charge in [0.05, 0.1) is 5.69 Å². The summed E-state index contributed by atoms with van der Waals surface area (Å²) in [6.07, 6.45) is 0. The summed E-state index contributed by atoms with van der Waals surface area (Å²) in [5, 5.41) is 6.43. The third-order valence-electron chi connectivity index (χ3n) is 2.84. The molecule has 0 radical (unpaired) electrons. The van der Waals surface area contributed by atoms with Gasteiger partial charge in [-0.1, -0.05) is 33.6 Å². The van der Waals surface area contributed by atoms with Gasteiger partial charge < -0.3 is 5.32 Å². The van der Waals surface area contributed by atoms with Crippen LogP contribution in [0.5, 0.6) is 0 Å². The molecule has 2 aromatic carbocycles. The molecule has 0 bridgehead atoms. The first-order chi connectivity index (χ1) is 10.4. The first-order valence-corrected chi connectivity index (χ1v) is 8.86. The van der Waals surface area contributed by atoms with E-state index in [2.05, 4.69) is 49.2 Å². The zero-order valence-corrected chi connectivity index (χ0v) is 16.7. The van der Waals surface area contributed by atoms with Gasteiger partial charge in [0.1, 0.15) is 0 Å². The van der Waals surface area contributed by atoms with Crippen molar-refractivity contribution in [2.45, 2.75) is 6.92 Å². The summed E-state index contributed by atoms with van der Waals surface area (Å²) in [6.45, 7) is 1.88. The first-order valence-electron chi connectivity index (χ1n) is 6.20. The second-order valence-electron chi connectivity index (χ2n) is 4.50. The lowest BCUT2D eigenvalue weighted by Gasteiger charge is -2.11. The van der Waals surface area contributed by atoms with Crippen molar-refractivity contribution in [1.82, 2.24) is 5.32 Å². The number of anilines is 1. The van der Waals surface area contributed by atoms with Gasteiger partial charge in [-0.25, -0.2) is 0 Å². The van der Waals surface area contributed by atoms with E-state index in [4.69, 9.17) is 23.8 Å². The summed E-state index contributed by atoms with van der Waals surface area (Å²) in [6, 6.07) is 10.9. The van der Waals surface area contributed by atoms with Crippen LogP contribution in [0.1, 0.15) is 15.9 Å². The molecule has 0 aliphatic carbocycles. The molecule has 0 heterocycles. The van der Waals surface area contributed by atoms with Gasteiger partial charge in [-0.15, -0.1) is 0 Å². The molecule has 3 nitrogen and oxygen atoms in total. The SMILES string of the molecule is Cc1ccc(C(=O)NC(=S)Nc2ccc(Br)cc2I)cc1Cl. The van der Waals surface area contributed by atoms with Crippen LogP contribution in [0.3, 0.4) is 0 Å². The van der Waals surface area contributed by atoms with Crippen LogP contribution >= 0.6 is 62.3 Å². The maximum atomic E-state index is 12.1. The van der Waals surface area contributed by atoms with Crippen LogP contribution in [0.15, 0.2) is 40.9 Å². The van der Waals surface area contributed by atoms with Crippen LogP contribution in [0.2, 0.25) is 5.02 Å². The lowest BCUT2D eigenvalue weighted by Crippen LogP contribution is -2.34. The number of benzene rings is 2.